The third-order valence-electron chi connectivity index (χ3n) is 4.36. The molecule has 3 aromatic rings. The molecule has 0 aromatic heterocycles. The summed E-state index contributed by atoms with van der Waals surface area (Å²) in [6.45, 7) is 1.96. The number of sulfonamides is 1. The summed E-state index contributed by atoms with van der Waals surface area (Å²) in [6, 6.07) is 30.7. The molecule has 0 heterocycles. The van der Waals surface area contributed by atoms with Gasteiger partial charge in [-0.3, -0.25) is 0 Å². The minimum absolute atomic E-state index is 0.0146. The molecule has 27 heavy (non-hydrogen) atoms. The number of hydrogen-bond donors (Lipinski definition) is 1. The fraction of sp³-hybridized carbons (Fsp3) is 0.182. The Bertz CT molecular complexity index is 908. The van der Waals surface area contributed by atoms with E-state index < -0.39 is 17.9 Å². The number of hydrogen-bond acceptors (Lipinski definition) is 2. The van der Waals surface area contributed by atoms with Crippen molar-refractivity contribution >= 4 is 28.6 Å². The molecule has 0 bridgehead atoms. The highest BCUT2D eigenvalue weighted by atomic mass is 32.2. The molecule has 5 heteroatoms. The highest BCUT2D eigenvalue weighted by Crippen LogP contribution is 2.51. The van der Waals surface area contributed by atoms with Crippen LogP contribution in [-0.4, -0.2) is 20.7 Å². The first-order valence-electron chi connectivity index (χ1n) is 8.87. The first kappa shape index (κ1) is 19.8. The number of nitrogens with one attached hydrogen (secondary N) is 1. The summed E-state index contributed by atoms with van der Waals surface area (Å²) in [5.74, 6) is 0. The molecule has 0 aliphatic carbocycles. The first-order valence-corrected chi connectivity index (χ1v) is 12.2. The molecule has 0 spiro atoms. The van der Waals surface area contributed by atoms with Gasteiger partial charge in [0.2, 0.25) is 10.0 Å². The van der Waals surface area contributed by atoms with Gasteiger partial charge in [-0.25, -0.2) is 13.1 Å². The molecule has 0 aliphatic rings. The van der Waals surface area contributed by atoms with Crippen LogP contribution in [0.1, 0.15) is 18.1 Å². The van der Waals surface area contributed by atoms with Crippen molar-refractivity contribution < 1.29 is 8.42 Å². The SMILES string of the molecule is C[C@H](NS(C)(=O)=O)[C@@H](c1ccccc1)P(c1ccccc1)c1ccccc1. The van der Waals surface area contributed by atoms with Crippen molar-refractivity contribution in [2.75, 3.05) is 6.26 Å². The highest BCUT2D eigenvalue weighted by Gasteiger charge is 2.32. The lowest BCUT2D eigenvalue weighted by Crippen LogP contribution is -2.38. The number of benzene rings is 3. The second-order valence-corrected chi connectivity index (χ2v) is 10.7. The number of rotatable bonds is 7. The van der Waals surface area contributed by atoms with E-state index in [0.29, 0.717) is 0 Å². The fourth-order valence-electron chi connectivity index (χ4n) is 3.36. The van der Waals surface area contributed by atoms with Crippen molar-refractivity contribution in [2.24, 2.45) is 0 Å². The lowest BCUT2D eigenvalue weighted by molar-refractivity contribution is 0.562. The summed E-state index contributed by atoms with van der Waals surface area (Å²) in [5.41, 5.74) is 1.15. The topological polar surface area (TPSA) is 46.2 Å². The summed E-state index contributed by atoms with van der Waals surface area (Å²) in [5, 5.41) is 2.46. The maximum absolute atomic E-state index is 12.0. The zero-order chi connectivity index (χ0) is 19.3. The van der Waals surface area contributed by atoms with E-state index in [4.69, 9.17) is 0 Å². The van der Waals surface area contributed by atoms with E-state index in [1.807, 2.05) is 61.5 Å². The van der Waals surface area contributed by atoms with Crippen LogP contribution in [0.3, 0.4) is 0 Å². The molecule has 3 aromatic carbocycles. The zero-order valence-corrected chi connectivity index (χ0v) is 17.2. The highest BCUT2D eigenvalue weighted by molar-refractivity contribution is 7.88. The van der Waals surface area contributed by atoms with Gasteiger partial charge in [0.25, 0.3) is 0 Å². The van der Waals surface area contributed by atoms with E-state index in [9.17, 15) is 8.42 Å². The molecular weight excluding hydrogens is 373 g/mol. The van der Waals surface area contributed by atoms with Gasteiger partial charge in [-0.15, -0.1) is 0 Å². The third kappa shape index (κ3) is 5.26. The van der Waals surface area contributed by atoms with Crippen LogP contribution in [0.2, 0.25) is 0 Å². The standard InChI is InChI=1S/C22H24NO2PS/c1-18(23-27(2,24)25)22(19-12-6-3-7-13-19)26(20-14-8-4-9-15-20)21-16-10-5-11-17-21/h3-18,22-23H,1-2H3/t18-,22-/m0/s1. The molecule has 0 fully saturated rings. The van der Waals surface area contributed by atoms with Crippen LogP contribution in [-0.2, 0) is 10.0 Å². The minimum Gasteiger partial charge on any atom is -0.213 e. The zero-order valence-electron chi connectivity index (χ0n) is 15.5. The second kappa shape index (κ2) is 8.79. The molecule has 0 aliphatic heterocycles. The van der Waals surface area contributed by atoms with Gasteiger partial charge in [0.15, 0.2) is 0 Å². The lowest BCUT2D eigenvalue weighted by atomic mass is 10.1. The molecule has 0 amide bonds. The molecule has 0 saturated carbocycles. The van der Waals surface area contributed by atoms with Gasteiger partial charge in [0, 0.05) is 11.7 Å². The normalized spacial score (nSPS) is 14.0. The molecule has 3 rings (SSSR count). The van der Waals surface area contributed by atoms with Gasteiger partial charge >= 0.3 is 0 Å². The van der Waals surface area contributed by atoms with Crippen LogP contribution in [0, 0.1) is 0 Å². The molecule has 0 saturated heterocycles. The Morgan fingerprint density at radius 2 is 1.15 bits per heavy atom. The molecule has 0 radical (unpaired) electrons. The summed E-state index contributed by atoms with van der Waals surface area (Å²) in [7, 11) is -4.12. The van der Waals surface area contributed by atoms with Gasteiger partial charge in [-0.05, 0) is 31.0 Å². The summed E-state index contributed by atoms with van der Waals surface area (Å²) in [6.07, 6.45) is 1.22. The van der Waals surface area contributed by atoms with Crippen molar-refractivity contribution in [3.8, 4) is 0 Å². The summed E-state index contributed by atoms with van der Waals surface area (Å²) >= 11 is 0. The molecular formula is C22H24NO2PS. The van der Waals surface area contributed by atoms with Crippen molar-refractivity contribution in [3.05, 3.63) is 96.6 Å². The van der Waals surface area contributed by atoms with Crippen molar-refractivity contribution in [3.63, 3.8) is 0 Å². The van der Waals surface area contributed by atoms with E-state index >= 15 is 0 Å². The molecule has 3 nitrogen and oxygen atoms in total. The van der Waals surface area contributed by atoms with Gasteiger partial charge in [-0.1, -0.05) is 91.0 Å². The van der Waals surface area contributed by atoms with E-state index in [-0.39, 0.29) is 11.7 Å². The quantitative estimate of drug-likeness (QED) is 0.617. The molecule has 1 N–H and O–H groups in total. The summed E-state index contributed by atoms with van der Waals surface area (Å²) in [4.78, 5) is 0. The predicted molar refractivity (Wildman–Crippen MR) is 116 cm³/mol. The van der Waals surface area contributed by atoms with Gasteiger partial charge in [0.1, 0.15) is 0 Å². The monoisotopic (exact) mass is 397 g/mol. The van der Waals surface area contributed by atoms with Crippen LogP contribution in [0.15, 0.2) is 91.0 Å². The van der Waals surface area contributed by atoms with Gasteiger partial charge < -0.3 is 0 Å². The van der Waals surface area contributed by atoms with E-state index in [2.05, 4.69) is 41.1 Å². The Labute approximate surface area is 163 Å². The van der Waals surface area contributed by atoms with Gasteiger partial charge in [-0.2, -0.15) is 0 Å². The van der Waals surface area contributed by atoms with Crippen LogP contribution in [0.4, 0.5) is 0 Å². The van der Waals surface area contributed by atoms with E-state index in [1.54, 1.807) is 0 Å². The fourth-order valence-corrected chi connectivity index (χ4v) is 7.19. The minimum atomic E-state index is -3.31. The maximum Gasteiger partial charge on any atom is 0.208 e. The van der Waals surface area contributed by atoms with Crippen LogP contribution < -0.4 is 15.3 Å². The summed E-state index contributed by atoms with van der Waals surface area (Å²) < 4.78 is 26.8. The average Bonchev–Trinajstić information content (AvgIpc) is 2.66. The Kier molecular flexibility index (Phi) is 6.43. The smallest absolute Gasteiger partial charge is 0.208 e. The van der Waals surface area contributed by atoms with Crippen LogP contribution >= 0.6 is 7.92 Å². The largest absolute Gasteiger partial charge is 0.213 e. The van der Waals surface area contributed by atoms with E-state index in [1.165, 1.54) is 16.9 Å². The van der Waals surface area contributed by atoms with Crippen molar-refractivity contribution in [1.29, 1.82) is 0 Å². The van der Waals surface area contributed by atoms with Crippen molar-refractivity contribution in [1.82, 2.24) is 4.72 Å². The Morgan fingerprint density at radius 3 is 1.56 bits per heavy atom. The molecule has 0 unspecified atom stereocenters. The first-order chi connectivity index (χ1) is 13.0. The molecule has 2 atom stereocenters. The molecule has 140 valence electrons. The van der Waals surface area contributed by atoms with Crippen LogP contribution in [0.5, 0.6) is 0 Å². The maximum atomic E-state index is 12.0. The van der Waals surface area contributed by atoms with Crippen molar-refractivity contribution in [2.45, 2.75) is 18.6 Å². The Morgan fingerprint density at radius 1 is 0.741 bits per heavy atom. The third-order valence-corrected chi connectivity index (χ3v) is 8.17. The average molecular weight is 397 g/mol. The van der Waals surface area contributed by atoms with Gasteiger partial charge in [0.05, 0.1) is 6.26 Å². The van der Waals surface area contributed by atoms with E-state index in [0.717, 1.165) is 5.56 Å². The van der Waals surface area contributed by atoms with Crippen LogP contribution in [0.25, 0.3) is 0 Å². The lowest BCUT2D eigenvalue weighted by Gasteiger charge is -2.33. The predicted octanol–water partition coefficient (Wildman–Crippen LogP) is 3.80. The Hall–Kier alpha value is -2.00. The second-order valence-electron chi connectivity index (χ2n) is 6.58. The Balaban J connectivity index is 2.16.